The number of amides is 1. The topological polar surface area (TPSA) is 58.1 Å². The SMILES string of the molecule is CC[C@H]1[C@H](C)[C@@H](Nc2cnc(C)cn2)c2cc(F)ccc2N1C(C)=O. The Hall–Kier alpha value is -2.50. The maximum absolute atomic E-state index is 13.9. The Labute approximate surface area is 147 Å². The summed E-state index contributed by atoms with van der Waals surface area (Å²) in [7, 11) is 0. The minimum absolute atomic E-state index is 0.0277. The molecule has 0 fully saturated rings. The lowest BCUT2D eigenvalue weighted by Crippen LogP contribution is -2.49. The number of halogens is 1. The Bertz CT molecular complexity index is 777. The monoisotopic (exact) mass is 342 g/mol. The Morgan fingerprint density at radius 3 is 2.68 bits per heavy atom. The third kappa shape index (κ3) is 3.21. The molecule has 1 aliphatic rings. The van der Waals surface area contributed by atoms with E-state index in [1.165, 1.54) is 12.1 Å². The molecule has 2 heterocycles. The van der Waals surface area contributed by atoms with Crippen molar-refractivity contribution in [2.45, 2.75) is 46.2 Å². The number of benzene rings is 1. The molecule has 0 saturated heterocycles. The fourth-order valence-electron chi connectivity index (χ4n) is 3.71. The zero-order valence-electron chi connectivity index (χ0n) is 15.0. The minimum Gasteiger partial charge on any atom is -0.362 e. The van der Waals surface area contributed by atoms with Crippen molar-refractivity contribution in [1.82, 2.24) is 9.97 Å². The standard InChI is InChI=1S/C19H23FN4O/c1-5-16-12(3)19(23-18-10-21-11(2)9-22-18)15-8-14(20)6-7-17(15)24(16)13(4)25/h6-10,12,16,19H,5H2,1-4H3,(H,22,23)/t12-,16-,19+/m0/s1. The highest BCUT2D eigenvalue weighted by Gasteiger charge is 2.39. The summed E-state index contributed by atoms with van der Waals surface area (Å²) in [5, 5.41) is 3.39. The van der Waals surface area contributed by atoms with E-state index in [4.69, 9.17) is 0 Å². The third-order valence-electron chi connectivity index (χ3n) is 4.89. The van der Waals surface area contributed by atoms with Crippen molar-refractivity contribution >= 4 is 17.4 Å². The summed E-state index contributed by atoms with van der Waals surface area (Å²) in [6, 6.07) is 4.48. The number of aryl methyl sites for hydroxylation is 1. The molecule has 2 aromatic rings. The molecular weight excluding hydrogens is 319 g/mol. The van der Waals surface area contributed by atoms with Gasteiger partial charge in [0.05, 0.1) is 24.1 Å². The largest absolute Gasteiger partial charge is 0.362 e. The molecule has 1 aromatic carbocycles. The number of hydrogen-bond donors (Lipinski definition) is 1. The average Bonchev–Trinajstić information content (AvgIpc) is 2.58. The van der Waals surface area contributed by atoms with Gasteiger partial charge in [-0.2, -0.15) is 0 Å². The van der Waals surface area contributed by atoms with Gasteiger partial charge in [0.2, 0.25) is 5.91 Å². The molecule has 1 aliphatic heterocycles. The van der Waals surface area contributed by atoms with Gasteiger partial charge in [0.1, 0.15) is 11.6 Å². The minimum atomic E-state index is -0.314. The Morgan fingerprint density at radius 2 is 2.08 bits per heavy atom. The summed E-state index contributed by atoms with van der Waals surface area (Å²) < 4.78 is 13.9. The van der Waals surface area contributed by atoms with E-state index in [0.717, 1.165) is 23.4 Å². The zero-order valence-corrected chi connectivity index (χ0v) is 15.0. The molecule has 1 amide bonds. The maximum atomic E-state index is 13.9. The Morgan fingerprint density at radius 1 is 1.32 bits per heavy atom. The van der Waals surface area contributed by atoms with Crippen LogP contribution in [0.2, 0.25) is 0 Å². The van der Waals surface area contributed by atoms with Gasteiger partial charge in [-0.3, -0.25) is 9.78 Å². The van der Waals surface area contributed by atoms with Crippen molar-refractivity contribution in [3.05, 3.63) is 47.7 Å². The van der Waals surface area contributed by atoms with Crippen LogP contribution in [0.5, 0.6) is 0 Å². The van der Waals surface area contributed by atoms with Gasteiger partial charge in [0, 0.05) is 30.1 Å². The van der Waals surface area contributed by atoms with Crippen molar-refractivity contribution in [1.29, 1.82) is 0 Å². The van der Waals surface area contributed by atoms with Crippen LogP contribution < -0.4 is 10.2 Å². The maximum Gasteiger partial charge on any atom is 0.224 e. The second kappa shape index (κ2) is 6.78. The van der Waals surface area contributed by atoms with E-state index in [0.29, 0.717) is 5.82 Å². The first-order valence-corrected chi connectivity index (χ1v) is 8.56. The van der Waals surface area contributed by atoms with Crippen LogP contribution in [0.15, 0.2) is 30.6 Å². The first kappa shape index (κ1) is 17.3. The highest BCUT2D eigenvalue weighted by atomic mass is 19.1. The lowest BCUT2D eigenvalue weighted by Gasteiger charge is -2.45. The van der Waals surface area contributed by atoms with Crippen LogP contribution in [-0.4, -0.2) is 21.9 Å². The Kier molecular flexibility index (Phi) is 4.70. The first-order valence-electron chi connectivity index (χ1n) is 8.56. The van der Waals surface area contributed by atoms with Gasteiger partial charge in [-0.15, -0.1) is 0 Å². The van der Waals surface area contributed by atoms with Crippen LogP contribution in [0.25, 0.3) is 0 Å². The number of nitrogens with zero attached hydrogens (tertiary/aromatic N) is 3. The van der Waals surface area contributed by atoms with Gasteiger partial charge in [-0.1, -0.05) is 13.8 Å². The van der Waals surface area contributed by atoms with Gasteiger partial charge in [-0.05, 0) is 31.5 Å². The van der Waals surface area contributed by atoms with E-state index >= 15 is 0 Å². The number of carbonyl (C=O) groups is 1. The molecule has 6 heteroatoms. The molecule has 3 rings (SSSR count). The van der Waals surface area contributed by atoms with Crippen LogP contribution >= 0.6 is 0 Å². The molecule has 5 nitrogen and oxygen atoms in total. The number of hydrogen-bond acceptors (Lipinski definition) is 4. The second-order valence-corrected chi connectivity index (χ2v) is 6.59. The molecule has 0 spiro atoms. The number of carbonyl (C=O) groups excluding carboxylic acids is 1. The van der Waals surface area contributed by atoms with Crippen LogP contribution in [0.4, 0.5) is 15.9 Å². The molecule has 0 radical (unpaired) electrons. The lowest BCUT2D eigenvalue weighted by molar-refractivity contribution is -0.117. The van der Waals surface area contributed by atoms with E-state index in [1.54, 1.807) is 30.3 Å². The average molecular weight is 342 g/mol. The quantitative estimate of drug-likeness (QED) is 0.920. The molecule has 1 N–H and O–H groups in total. The van der Waals surface area contributed by atoms with Crippen molar-refractivity contribution in [2.75, 3.05) is 10.2 Å². The smallest absolute Gasteiger partial charge is 0.224 e. The van der Waals surface area contributed by atoms with Crippen LogP contribution in [-0.2, 0) is 4.79 Å². The summed E-state index contributed by atoms with van der Waals surface area (Å²) in [5.41, 5.74) is 2.37. The molecule has 3 atom stereocenters. The fraction of sp³-hybridized carbons (Fsp3) is 0.421. The van der Waals surface area contributed by atoms with Gasteiger partial charge >= 0.3 is 0 Å². The molecule has 25 heavy (non-hydrogen) atoms. The van der Waals surface area contributed by atoms with Gasteiger partial charge in [-0.25, -0.2) is 9.37 Å². The number of aromatic nitrogens is 2. The summed E-state index contributed by atoms with van der Waals surface area (Å²) in [6.07, 6.45) is 4.19. The summed E-state index contributed by atoms with van der Waals surface area (Å²) >= 11 is 0. The number of nitrogens with one attached hydrogen (secondary N) is 1. The van der Waals surface area contributed by atoms with Crippen molar-refractivity contribution in [3.63, 3.8) is 0 Å². The summed E-state index contributed by atoms with van der Waals surface area (Å²) in [5.74, 6) is 0.390. The van der Waals surface area contributed by atoms with E-state index in [-0.39, 0.29) is 29.7 Å². The predicted octanol–water partition coefficient (Wildman–Crippen LogP) is 3.86. The Balaban J connectivity index is 2.07. The van der Waals surface area contributed by atoms with Gasteiger partial charge < -0.3 is 10.2 Å². The number of rotatable bonds is 3. The van der Waals surface area contributed by atoms with Gasteiger partial charge in [0.15, 0.2) is 0 Å². The molecule has 0 aliphatic carbocycles. The third-order valence-corrected chi connectivity index (χ3v) is 4.89. The molecule has 1 aromatic heterocycles. The zero-order chi connectivity index (χ0) is 18.1. The number of fused-ring (bicyclic) bond motifs is 1. The van der Waals surface area contributed by atoms with Crippen molar-refractivity contribution in [2.24, 2.45) is 5.92 Å². The first-order chi connectivity index (χ1) is 11.9. The van der Waals surface area contributed by atoms with E-state index in [1.807, 2.05) is 6.92 Å². The molecule has 132 valence electrons. The van der Waals surface area contributed by atoms with Crippen LogP contribution in [0.3, 0.4) is 0 Å². The van der Waals surface area contributed by atoms with Crippen molar-refractivity contribution in [3.8, 4) is 0 Å². The molecular formula is C19H23FN4O. The summed E-state index contributed by atoms with van der Waals surface area (Å²) in [6.45, 7) is 7.58. The molecule has 0 bridgehead atoms. The van der Waals surface area contributed by atoms with Crippen molar-refractivity contribution < 1.29 is 9.18 Å². The highest BCUT2D eigenvalue weighted by Crippen LogP contribution is 2.43. The molecule has 0 saturated carbocycles. The van der Waals surface area contributed by atoms with Crippen LogP contribution in [0, 0.1) is 18.7 Å². The van der Waals surface area contributed by atoms with E-state index < -0.39 is 0 Å². The van der Waals surface area contributed by atoms with Gasteiger partial charge in [0.25, 0.3) is 0 Å². The normalized spacial score (nSPS) is 22.4. The van der Waals surface area contributed by atoms with E-state index in [2.05, 4.69) is 29.1 Å². The molecule has 0 unspecified atom stereocenters. The highest BCUT2D eigenvalue weighted by molar-refractivity contribution is 5.94. The second-order valence-electron chi connectivity index (χ2n) is 6.59. The fourth-order valence-corrected chi connectivity index (χ4v) is 3.71. The predicted molar refractivity (Wildman–Crippen MR) is 95.9 cm³/mol. The van der Waals surface area contributed by atoms with Crippen LogP contribution in [0.1, 0.15) is 44.5 Å². The van der Waals surface area contributed by atoms with E-state index in [9.17, 15) is 9.18 Å². The lowest BCUT2D eigenvalue weighted by atomic mass is 9.81. The summed E-state index contributed by atoms with van der Waals surface area (Å²) in [4.78, 5) is 22.7. The number of anilines is 2.